The molecule has 1 fully saturated rings. The number of hydrogen-bond donors (Lipinski definition) is 1. The lowest BCUT2D eigenvalue weighted by Gasteiger charge is -2.31. The lowest BCUT2D eigenvalue weighted by molar-refractivity contribution is 0.622. The second-order valence-electron chi connectivity index (χ2n) is 4.93. The van der Waals surface area contributed by atoms with Crippen molar-refractivity contribution in [3.8, 4) is 0 Å². The fourth-order valence-electron chi connectivity index (χ4n) is 2.89. The maximum absolute atomic E-state index is 4.31. The van der Waals surface area contributed by atoms with Gasteiger partial charge in [-0.2, -0.15) is 0 Å². The molecule has 17 heavy (non-hydrogen) atoms. The molecule has 2 unspecified atom stereocenters. The zero-order valence-electron chi connectivity index (χ0n) is 11.1. The van der Waals surface area contributed by atoms with Gasteiger partial charge in [-0.25, -0.2) is 0 Å². The van der Waals surface area contributed by atoms with Gasteiger partial charge in [-0.05, 0) is 44.9 Å². The van der Waals surface area contributed by atoms with E-state index in [-0.39, 0.29) is 0 Å². The third kappa shape index (κ3) is 2.44. The summed E-state index contributed by atoms with van der Waals surface area (Å²) in [6.45, 7) is 5.52. The topological polar surface area (TPSA) is 28.2 Å². The number of anilines is 1. The zero-order chi connectivity index (χ0) is 12.3. The summed E-state index contributed by atoms with van der Waals surface area (Å²) in [4.78, 5) is 6.88. The molecule has 3 heteroatoms. The van der Waals surface area contributed by atoms with Gasteiger partial charge in [-0.3, -0.25) is 4.98 Å². The molecule has 1 aliphatic heterocycles. The first-order valence-electron chi connectivity index (χ1n) is 6.63. The number of hydrogen-bond acceptors (Lipinski definition) is 3. The molecule has 1 aliphatic rings. The van der Waals surface area contributed by atoms with Crippen LogP contribution >= 0.6 is 0 Å². The van der Waals surface area contributed by atoms with Crippen LogP contribution in [0.1, 0.15) is 38.7 Å². The second-order valence-corrected chi connectivity index (χ2v) is 4.93. The highest BCUT2D eigenvalue weighted by molar-refractivity contribution is 5.54. The van der Waals surface area contributed by atoms with Crippen LogP contribution in [0, 0.1) is 0 Å². The minimum absolute atomic E-state index is 0.639. The van der Waals surface area contributed by atoms with Crippen molar-refractivity contribution in [1.29, 1.82) is 0 Å². The van der Waals surface area contributed by atoms with Crippen LogP contribution < -0.4 is 10.2 Å². The van der Waals surface area contributed by atoms with E-state index in [9.17, 15) is 0 Å². The molecule has 2 rings (SSSR count). The maximum Gasteiger partial charge on any atom is 0.0603 e. The second kappa shape index (κ2) is 5.50. The van der Waals surface area contributed by atoms with Crippen LogP contribution in [0.3, 0.4) is 0 Å². The Morgan fingerprint density at radius 2 is 2.29 bits per heavy atom. The van der Waals surface area contributed by atoms with Gasteiger partial charge >= 0.3 is 0 Å². The van der Waals surface area contributed by atoms with Crippen molar-refractivity contribution < 1.29 is 0 Å². The van der Waals surface area contributed by atoms with Crippen molar-refractivity contribution >= 4 is 5.69 Å². The number of aromatic nitrogens is 1. The van der Waals surface area contributed by atoms with E-state index in [2.05, 4.69) is 35.1 Å². The van der Waals surface area contributed by atoms with Gasteiger partial charge in [0.1, 0.15) is 0 Å². The Bertz CT molecular complexity index is 364. The van der Waals surface area contributed by atoms with Crippen molar-refractivity contribution in [3.63, 3.8) is 0 Å². The van der Waals surface area contributed by atoms with E-state index in [0.29, 0.717) is 12.1 Å². The smallest absolute Gasteiger partial charge is 0.0603 e. The third-order valence-electron chi connectivity index (χ3n) is 3.79. The average molecular weight is 233 g/mol. The van der Waals surface area contributed by atoms with Crippen LogP contribution in [-0.2, 0) is 6.54 Å². The number of nitrogens with one attached hydrogen (secondary N) is 1. The minimum atomic E-state index is 0.639. The highest BCUT2D eigenvalue weighted by Crippen LogP contribution is 2.33. The van der Waals surface area contributed by atoms with Gasteiger partial charge in [0, 0.05) is 24.8 Å². The molecule has 0 amide bonds. The summed E-state index contributed by atoms with van der Waals surface area (Å²) in [5, 5.41) is 3.24. The first kappa shape index (κ1) is 12.4. The molecule has 0 bridgehead atoms. The molecular formula is C14H23N3. The Morgan fingerprint density at radius 3 is 3.00 bits per heavy atom. The molecule has 2 atom stereocenters. The lowest BCUT2D eigenvalue weighted by atomic mass is 10.1. The predicted octanol–water partition coefficient (Wildman–Crippen LogP) is 2.57. The molecule has 1 N–H and O–H groups in total. The molecule has 1 aromatic rings. The summed E-state index contributed by atoms with van der Waals surface area (Å²) in [7, 11) is 1.99. The van der Waals surface area contributed by atoms with Gasteiger partial charge in [0.2, 0.25) is 0 Å². The van der Waals surface area contributed by atoms with Gasteiger partial charge in [-0.15, -0.1) is 0 Å². The molecule has 1 saturated heterocycles. The van der Waals surface area contributed by atoms with Gasteiger partial charge in [0.25, 0.3) is 0 Å². The summed E-state index contributed by atoms with van der Waals surface area (Å²) in [5.41, 5.74) is 2.67. The molecule has 94 valence electrons. The molecular weight excluding hydrogens is 210 g/mol. The SMILES string of the molecule is CCC1CCC(C)N1c1cnccc1CNC. The third-order valence-corrected chi connectivity index (χ3v) is 3.79. The molecule has 3 nitrogen and oxygen atoms in total. The first-order chi connectivity index (χ1) is 8.27. The molecule has 0 aromatic carbocycles. The van der Waals surface area contributed by atoms with E-state index in [0.717, 1.165) is 6.54 Å². The van der Waals surface area contributed by atoms with E-state index in [1.807, 2.05) is 19.4 Å². The predicted molar refractivity (Wildman–Crippen MR) is 72.3 cm³/mol. The van der Waals surface area contributed by atoms with Crippen LogP contribution in [0.25, 0.3) is 0 Å². The molecule has 0 saturated carbocycles. The van der Waals surface area contributed by atoms with E-state index in [1.165, 1.54) is 30.5 Å². The molecule has 0 spiro atoms. The van der Waals surface area contributed by atoms with Gasteiger partial charge in [-0.1, -0.05) is 6.92 Å². The van der Waals surface area contributed by atoms with Crippen molar-refractivity contribution in [2.45, 2.75) is 51.7 Å². The summed E-state index contributed by atoms with van der Waals surface area (Å²) in [6.07, 6.45) is 7.74. The minimum Gasteiger partial charge on any atom is -0.364 e. The molecule has 1 aromatic heterocycles. The fourth-order valence-corrected chi connectivity index (χ4v) is 2.89. The Labute approximate surface area is 104 Å². The number of rotatable bonds is 4. The standard InChI is InChI=1S/C14H23N3/c1-4-13-6-5-11(2)17(13)14-10-16-8-7-12(14)9-15-3/h7-8,10-11,13,15H,4-6,9H2,1-3H3. The Hall–Kier alpha value is -1.09. The fraction of sp³-hybridized carbons (Fsp3) is 0.643. The van der Waals surface area contributed by atoms with Crippen molar-refractivity contribution in [3.05, 3.63) is 24.0 Å². The van der Waals surface area contributed by atoms with Gasteiger partial charge in [0.15, 0.2) is 0 Å². The highest BCUT2D eigenvalue weighted by atomic mass is 15.2. The van der Waals surface area contributed by atoms with Crippen LogP contribution in [0.4, 0.5) is 5.69 Å². The van der Waals surface area contributed by atoms with Crippen LogP contribution in [-0.4, -0.2) is 24.1 Å². The normalized spacial score (nSPS) is 24.3. The number of pyridine rings is 1. The summed E-state index contributed by atoms with van der Waals surface area (Å²) in [6, 6.07) is 3.45. The molecule has 0 aliphatic carbocycles. The maximum atomic E-state index is 4.31. The number of nitrogens with zero attached hydrogens (tertiary/aromatic N) is 2. The highest BCUT2D eigenvalue weighted by Gasteiger charge is 2.30. The Balaban J connectivity index is 2.31. The molecule has 0 radical (unpaired) electrons. The Morgan fingerprint density at radius 1 is 1.47 bits per heavy atom. The van der Waals surface area contributed by atoms with Gasteiger partial charge in [0.05, 0.1) is 11.9 Å². The Kier molecular flexibility index (Phi) is 4.00. The lowest BCUT2D eigenvalue weighted by Crippen LogP contribution is -2.35. The van der Waals surface area contributed by atoms with E-state index < -0.39 is 0 Å². The van der Waals surface area contributed by atoms with Crippen LogP contribution in [0.15, 0.2) is 18.5 Å². The average Bonchev–Trinajstić information content (AvgIpc) is 2.72. The van der Waals surface area contributed by atoms with Crippen molar-refractivity contribution in [2.75, 3.05) is 11.9 Å². The van der Waals surface area contributed by atoms with Crippen molar-refractivity contribution in [2.24, 2.45) is 0 Å². The quantitative estimate of drug-likeness (QED) is 0.866. The summed E-state index contributed by atoms with van der Waals surface area (Å²) in [5.74, 6) is 0. The first-order valence-corrected chi connectivity index (χ1v) is 6.63. The monoisotopic (exact) mass is 233 g/mol. The summed E-state index contributed by atoms with van der Waals surface area (Å²) >= 11 is 0. The summed E-state index contributed by atoms with van der Waals surface area (Å²) < 4.78 is 0. The van der Waals surface area contributed by atoms with E-state index in [4.69, 9.17) is 0 Å². The van der Waals surface area contributed by atoms with Crippen molar-refractivity contribution in [1.82, 2.24) is 10.3 Å². The van der Waals surface area contributed by atoms with E-state index in [1.54, 1.807) is 0 Å². The largest absolute Gasteiger partial charge is 0.364 e. The molecule has 2 heterocycles. The van der Waals surface area contributed by atoms with Crippen LogP contribution in [0.5, 0.6) is 0 Å². The van der Waals surface area contributed by atoms with E-state index >= 15 is 0 Å². The van der Waals surface area contributed by atoms with Crippen LogP contribution in [0.2, 0.25) is 0 Å². The van der Waals surface area contributed by atoms with Gasteiger partial charge < -0.3 is 10.2 Å². The zero-order valence-corrected chi connectivity index (χ0v) is 11.1.